The largest absolute Gasteiger partial charge is 0.508 e. The van der Waals surface area contributed by atoms with Gasteiger partial charge in [-0.05, 0) is 68.0 Å². The Morgan fingerprint density at radius 3 is 2.48 bits per heavy atom. The smallest absolute Gasteiger partial charge is 0.263 e. The number of aromatic hydroxyl groups is 1. The SMILES string of the molecule is Cc1cccc(OC(C)C(=O)N2CCC(c3ccc(O)cc3)CC2)c1. The average Bonchev–Trinajstić information content (AvgIpc) is 2.62. The third-order valence-corrected chi connectivity index (χ3v) is 4.82. The molecule has 4 nitrogen and oxygen atoms in total. The predicted molar refractivity (Wildman–Crippen MR) is 97.9 cm³/mol. The molecule has 0 spiro atoms. The van der Waals surface area contributed by atoms with Crippen molar-refractivity contribution < 1.29 is 14.6 Å². The molecule has 3 rings (SSSR count). The standard InChI is InChI=1S/C21H25NO3/c1-15-4-3-5-20(14-15)25-16(2)21(24)22-12-10-18(11-13-22)17-6-8-19(23)9-7-17/h3-9,14,16,18,23H,10-13H2,1-2H3. The highest BCUT2D eigenvalue weighted by Gasteiger charge is 2.27. The van der Waals surface area contributed by atoms with E-state index in [0.717, 1.165) is 37.2 Å². The molecule has 0 radical (unpaired) electrons. The molecule has 25 heavy (non-hydrogen) atoms. The van der Waals surface area contributed by atoms with E-state index in [2.05, 4.69) is 0 Å². The minimum absolute atomic E-state index is 0.0469. The van der Waals surface area contributed by atoms with Gasteiger partial charge >= 0.3 is 0 Å². The van der Waals surface area contributed by atoms with Crippen LogP contribution in [0.2, 0.25) is 0 Å². The number of carbonyl (C=O) groups excluding carboxylic acids is 1. The van der Waals surface area contributed by atoms with Crippen LogP contribution in [0.4, 0.5) is 0 Å². The van der Waals surface area contributed by atoms with Gasteiger partial charge in [0.25, 0.3) is 5.91 Å². The fourth-order valence-electron chi connectivity index (χ4n) is 3.38. The van der Waals surface area contributed by atoms with E-state index >= 15 is 0 Å². The Kier molecular flexibility index (Phi) is 5.27. The maximum Gasteiger partial charge on any atom is 0.263 e. The van der Waals surface area contributed by atoms with Gasteiger partial charge in [-0.15, -0.1) is 0 Å². The molecule has 132 valence electrons. The summed E-state index contributed by atoms with van der Waals surface area (Å²) in [5, 5.41) is 9.40. The van der Waals surface area contributed by atoms with E-state index in [-0.39, 0.29) is 5.91 Å². The lowest BCUT2D eigenvalue weighted by atomic mass is 9.89. The first-order valence-electron chi connectivity index (χ1n) is 8.84. The number of hydrogen-bond donors (Lipinski definition) is 1. The molecule has 2 aromatic carbocycles. The quantitative estimate of drug-likeness (QED) is 0.920. The highest BCUT2D eigenvalue weighted by atomic mass is 16.5. The summed E-state index contributed by atoms with van der Waals surface area (Å²) in [6, 6.07) is 15.2. The lowest BCUT2D eigenvalue weighted by Gasteiger charge is -2.33. The van der Waals surface area contributed by atoms with Crippen molar-refractivity contribution >= 4 is 5.91 Å². The summed E-state index contributed by atoms with van der Waals surface area (Å²) in [5.74, 6) is 1.52. The van der Waals surface area contributed by atoms with Gasteiger partial charge in [0.1, 0.15) is 11.5 Å². The van der Waals surface area contributed by atoms with Crippen molar-refractivity contribution in [2.24, 2.45) is 0 Å². The maximum absolute atomic E-state index is 12.6. The van der Waals surface area contributed by atoms with E-state index in [1.807, 2.05) is 55.1 Å². The topological polar surface area (TPSA) is 49.8 Å². The first-order valence-corrected chi connectivity index (χ1v) is 8.84. The van der Waals surface area contributed by atoms with E-state index in [0.29, 0.717) is 11.7 Å². The van der Waals surface area contributed by atoms with Crippen LogP contribution in [0.1, 0.15) is 36.8 Å². The van der Waals surface area contributed by atoms with Crippen molar-refractivity contribution in [1.82, 2.24) is 4.90 Å². The predicted octanol–water partition coefficient (Wildman–Crippen LogP) is 3.87. The van der Waals surface area contributed by atoms with E-state index in [1.54, 1.807) is 12.1 Å². The molecular weight excluding hydrogens is 314 g/mol. The van der Waals surface area contributed by atoms with Crippen LogP contribution in [0.3, 0.4) is 0 Å². The Morgan fingerprint density at radius 1 is 1.16 bits per heavy atom. The summed E-state index contributed by atoms with van der Waals surface area (Å²) in [7, 11) is 0. The number of aryl methyl sites for hydroxylation is 1. The minimum atomic E-state index is -0.480. The Hall–Kier alpha value is -2.49. The summed E-state index contributed by atoms with van der Waals surface area (Å²) < 4.78 is 5.82. The molecule has 1 aliphatic rings. The molecule has 1 fully saturated rings. The van der Waals surface area contributed by atoms with E-state index in [9.17, 15) is 9.90 Å². The number of rotatable bonds is 4. The summed E-state index contributed by atoms with van der Waals surface area (Å²) in [4.78, 5) is 14.5. The fraction of sp³-hybridized carbons (Fsp3) is 0.381. The molecule has 1 atom stereocenters. The number of carbonyl (C=O) groups is 1. The van der Waals surface area contributed by atoms with Crippen LogP contribution in [-0.2, 0) is 4.79 Å². The molecule has 1 heterocycles. The molecule has 1 amide bonds. The Morgan fingerprint density at radius 2 is 1.84 bits per heavy atom. The number of likely N-dealkylation sites (tertiary alicyclic amines) is 1. The fourth-order valence-corrected chi connectivity index (χ4v) is 3.38. The third kappa shape index (κ3) is 4.32. The van der Waals surface area contributed by atoms with E-state index < -0.39 is 6.10 Å². The Balaban J connectivity index is 1.54. The van der Waals surface area contributed by atoms with Crippen LogP contribution in [0, 0.1) is 6.92 Å². The summed E-state index contributed by atoms with van der Waals surface area (Å²) in [6.45, 7) is 5.31. The second kappa shape index (κ2) is 7.60. The highest BCUT2D eigenvalue weighted by molar-refractivity contribution is 5.81. The molecule has 0 saturated carbocycles. The number of phenols is 1. The second-order valence-corrected chi connectivity index (χ2v) is 6.77. The van der Waals surface area contributed by atoms with E-state index in [4.69, 9.17) is 4.74 Å². The highest BCUT2D eigenvalue weighted by Crippen LogP contribution is 2.29. The van der Waals surface area contributed by atoms with Crippen molar-refractivity contribution in [2.75, 3.05) is 13.1 Å². The average molecular weight is 339 g/mol. The molecule has 1 aliphatic heterocycles. The molecule has 4 heteroatoms. The molecule has 2 aromatic rings. The lowest BCUT2D eigenvalue weighted by molar-refractivity contribution is -0.139. The van der Waals surface area contributed by atoms with Gasteiger partial charge in [-0.2, -0.15) is 0 Å². The number of benzene rings is 2. The number of ether oxygens (including phenoxy) is 1. The molecule has 1 N–H and O–H groups in total. The van der Waals surface area contributed by atoms with Crippen LogP contribution in [-0.4, -0.2) is 35.1 Å². The van der Waals surface area contributed by atoms with Gasteiger partial charge in [-0.3, -0.25) is 4.79 Å². The van der Waals surface area contributed by atoms with Crippen molar-refractivity contribution in [3.8, 4) is 11.5 Å². The zero-order chi connectivity index (χ0) is 17.8. The zero-order valence-electron chi connectivity index (χ0n) is 14.8. The van der Waals surface area contributed by atoms with Crippen molar-refractivity contribution in [3.63, 3.8) is 0 Å². The third-order valence-electron chi connectivity index (χ3n) is 4.82. The number of nitrogens with zero attached hydrogens (tertiary/aromatic N) is 1. The minimum Gasteiger partial charge on any atom is -0.508 e. The normalized spacial score (nSPS) is 16.5. The first kappa shape index (κ1) is 17.3. The molecule has 1 unspecified atom stereocenters. The van der Waals surface area contributed by atoms with Gasteiger partial charge in [0.05, 0.1) is 0 Å². The number of amides is 1. The molecule has 0 aromatic heterocycles. The van der Waals surface area contributed by atoms with Crippen molar-refractivity contribution in [1.29, 1.82) is 0 Å². The molecule has 1 saturated heterocycles. The Labute approximate surface area is 149 Å². The van der Waals surface area contributed by atoms with Crippen LogP contribution >= 0.6 is 0 Å². The lowest BCUT2D eigenvalue weighted by Crippen LogP contribution is -2.44. The van der Waals surface area contributed by atoms with Crippen LogP contribution in [0.5, 0.6) is 11.5 Å². The van der Waals surface area contributed by atoms with Gasteiger partial charge in [0.15, 0.2) is 6.10 Å². The molecule has 0 aliphatic carbocycles. The zero-order valence-corrected chi connectivity index (χ0v) is 14.8. The van der Waals surface area contributed by atoms with Gasteiger partial charge in [-0.25, -0.2) is 0 Å². The van der Waals surface area contributed by atoms with E-state index in [1.165, 1.54) is 5.56 Å². The summed E-state index contributed by atoms with van der Waals surface area (Å²) in [6.07, 6.45) is 1.40. The van der Waals surface area contributed by atoms with Gasteiger partial charge in [0, 0.05) is 13.1 Å². The number of hydrogen-bond acceptors (Lipinski definition) is 3. The number of piperidine rings is 1. The van der Waals surface area contributed by atoms with Crippen molar-refractivity contribution in [3.05, 3.63) is 59.7 Å². The van der Waals surface area contributed by atoms with Crippen LogP contribution < -0.4 is 4.74 Å². The molecular formula is C21H25NO3. The second-order valence-electron chi connectivity index (χ2n) is 6.77. The van der Waals surface area contributed by atoms with Gasteiger partial charge in [0.2, 0.25) is 0 Å². The van der Waals surface area contributed by atoms with Crippen LogP contribution in [0.15, 0.2) is 48.5 Å². The molecule has 0 bridgehead atoms. The summed E-state index contributed by atoms with van der Waals surface area (Å²) in [5.41, 5.74) is 2.35. The monoisotopic (exact) mass is 339 g/mol. The van der Waals surface area contributed by atoms with Gasteiger partial charge < -0.3 is 14.7 Å². The first-order chi connectivity index (χ1) is 12.0. The maximum atomic E-state index is 12.6. The van der Waals surface area contributed by atoms with Gasteiger partial charge in [-0.1, -0.05) is 24.3 Å². The number of phenolic OH excluding ortho intramolecular Hbond substituents is 1. The van der Waals surface area contributed by atoms with Crippen LogP contribution in [0.25, 0.3) is 0 Å². The summed E-state index contributed by atoms with van der Waals surface area (Å²) >= 11 is 0. The Bertz CT molecular complexity index is 718. The van der Waals surface area contributed by atoms with Crippen molar-refractivity contribution in [2.45, 2.75) is 38.7 Å².